The first-order valence-corrected chi connectivity index (χ1v) is 8.26. The van der Waals surface area contributed by atoms with Crippen molar-refractivity contribution in [2.24, 2.45) is 0 Å². The van der Waals surface area contributed by atoms with E-state index < -0.39 is 9.84 Å². The van der Waals surface area contributed by atoms with Gasteiger partial charge in [0.1, 0.15) is 6.07 Å². The summed E-state index contributed by atoms with van der Waals surface area (Å²) < 4.78 is 23.4. The standard InChI is InChI=1S/C14H12ClN3O2S/c1-21(19,20)14-3-2-6-17-13(14)9-18-12-5-4-11(15)7-10(12)8-16/h2-7,18H,9H2,1H3. The van der Waals surface area contributed by atoms with Crippen molar-refractivity contribution in [2.45, 2.75) is 11.4 Å². The van der Waals surface area contributed by atoms with E-state index >= 15 is 0 Å². The quantitative estimate of drug-likeness (QED) is 0.936. The molecule has 1 aromatic heterocycles. The second-order valence-corrected chi connectivity index (χ2v) is 6.80. The third-order valence-electron chi connectivity index (χ3n) is 2.80. The predicted octanol–water partition coefficient (Wildman–Crippen LogP) is 2.62. The molecule has 2 aromatic rings. The Labute approximate surface area is 128 Å². The maximum absolute atomic E-state index is 11.7. The molecular weight excluding hydrogens is 310 g/mol. The minimum absolute atomic E-state index is 0.171. The van der Waals surface area contributed by atoms with Gasteiger partial charge in [0.05, 0.1) is 28.4 Å². The lowest BCUT2D eigenvalue weighted by Gasteiger charge is -2.10. The highest BCUT2D eigenvalue weighted by atomic mass is 35.5. The van der Waals surface area contributed by atoms with Crippen LogP contribution in [-0.2, 0) is 16.4 Å². The zero-order chi connectivity index (χ0) is 15.5. The lowest BCUT2D eigenvalue weighted by molar-refractivity contribution is 0.600. The van der Waals surface area contributed by atoms with Crippen molar-refractivity contribution in [2.75, 3.05) is 11.6 Å². The van der Waals surface area contributed by atoms with E-state index in [0.717, 1.165) is 6.26 Å². The first-order chi connectivity index (χ1) is 9.91. The summed E-state index contributed by atoms with van der Waals surface area (Å²) in [5.74, 6) is 0. The molecule has 108 valence electrons. The number of hydrogen-bond donors (Lipinski definition) is 1. The van der Waals surface area contributed by atoms with Crippen molar-refractivity contribution in [3.8, 4) is 6.07 Å². The fourth-order valence-electron chi connectivity index (χ4n) is 1.84. The summed E-state index contributed by atoms with van der Waals surface area (Å²) in [5, 5.41) is 12.5. The maximum Gasteiger partial charge on any atom is 0.177 e. The summed E-state index contributed by atoms with van der Waals surface area (Å²) >= 11 is 5.83. The number of halogens is 1. The third kappa shape index (κ3) is 3.72. The molecule has 0 saturated carbocycles. The molecule has 0 amide bonds. The van der Waals surface area contributed by atoms with E-state index in [0.29, 0.717) is 22.0 Å². The number of aromatic nitrogens is 1. The number of nitrogens with zero attached hydrogens (tertiary/aromatic N) is 2. The maximum atomic E-state index is 11.7. The van der Waals surface area contributed by atoms with Gasteiger partial charge in [-0.15, -0.1) is 0 Å². The number of rotatable bonds is 4. The van der Waals surface area contributed by atoms with E-state index in [1.54, 1.807) is 24.3 Å². The molecule has 0 aliphatic heterocycles. The van der Waals surface area contributed by atoms with Gasteiger partial charge in [0, 0.05) is 17.5 Å². The number of hydrogen-bond acceptors (Lipinski definition) is 5. The Bertz CT molecular complexity index is 813. The molecule has 0 radical (unpaired) electrons. The highest BCUT2D eigenvalue weighted by Gasteiger charge is 2.14. The van der Waals surface area contributed by atoms with Gasteiger partial charge in [-0.3, -0.25) is 4.98 Å². The van der Waals surface area contributed by atoms with Crippen LogP contribution in [0.5, 0.6) is 0 Å². The molecule has 1 N–H and O–H groups in total. The average molecular weight is 322 g/mol. The van der Waals surface area contributed by atoms with E-state index in [-0.39, 0.29) is 11.4 Å². The van der Waals surface area contributed by atoms with Gasteiger partial charge in [-0.25, -0.2) is 8.42 Å². The van der Waals surface area contributed by atoms with Crippen molar-refractivity contribution in [3.63, 3.8) is 0 Å². The van der Waals surface area contributed by atoms with Crippen molar-refractivity contribution in [3.05, 3.63) is 52.8 Å². The number of benzene rings is 1. The Balaban J connectivity index is 2.28. The second-order valence-electron chi connectivity index (χ2n) is 4.38. The van der Waals surface area contributed by atoms with Crippen LogP contribution < -0.4 is 5.32 Å². The smallest absolute Gasteiger partial charge is 0.177 e. The molecule has 21 heavy (non-hydrogen) atoms. The summed E-state index contributed by atoms with van der Waals surface area (Å²) in [5.41, 5.74) is 1.37. The third-order valence-corrected chi connectivity index (χ3v) is 4.20. The van der Waals surface area contributed by atoms with E-state index in [2.05, 4.69) is 10.3 Å². The van der Waals surface area contributed by atoms with Crippen molar-refractivity contribution in [1.82, 2.24) is 4.98 Å². The van der Waals surface area contributed by atoms with Gasteiger partial charge in [0.15, 0.2) is 9.84 Å². The van der Waals surface area contributed by atoms with Gasteiger partial charge in [-0.1, -0.05) is 11.6 Å². The number of pyridine rings is 1. The zero-order valence-corrected chi connectivity index (χ0v) is 12.7. The molecule has 7 heteroatoms. The Morgan fingerprint density at radius 2 is 2.14 bits per heavy atom. The topological polar surface area (TPSA) is 82.8 Å². The van der Waals surface area contributed by atoms with Crippen LogP contribution in [0, 0.1) is 11.3 Å². The van der Waals surface area contributed by atoms with Gasteiger partial charge < -0.3 is 5.32 Å². The minimum atomic E-state index is -3.35. The molecule has 0 fully saturated rings. The first kappa shape index (κ1) is 15.3. The summed E-state index contributed by atoms with van der Waals surface area (Å²) in [6.45, 7) is 0.194. The molecule has 0 spiro atoms. The van der Waals surface area contributed by atoms with Crippen LogP contribution in [0.25, 0.3) is 0 Å². The molecule has 5 nitrogen and oxygen atoms in total. The van der Waals surface area contributed by atoms with Crippen LogP contribution >= 0.6 is 11.6 Å². The largest absolute Gasteiger partial charge is 0.378 e. The SMILES string of the molecule is CS(=O)(=O)c1cccnc1CNc1ccc(Cl)cc1C#N. The molecule has 0 atom stereocenters. The van der Waals surface area contributed by atoms with Gasteiger partial charge >= 0.3 is 0 Å². The lowest BCUT2D eigenvalue weighted by Crippen LogP contribution is -2.09. The molecule has 1 heterocycles. The van der Waals surface area contributed by atoms with Crippen molar-refractivity contribution in [1.29, 1.82) is 5.26 Å². The number of nitriles is 1. The van der Waals surface area contributed by atoms with Crippen LogP contribution in [-0.4, -0.2) is 19.7 Å². The van der Waals surface area contributed by atoms with Gasteiger partial charge in [0.25, 0.3) is 0 Å². The summed E-state index contributed by atoms with van der Waals surface area (Å²) in [4.78, 5) is 4.25. The lowest BCUT2D eigenvalue weighted by atomic mass is 10.2. The highest BCUT2D eigenvalue weighted by Crippen LogP contribution is 2.21. The Morgan fingerprint density at radius 1 is 1.38 bits per heavy atom. The second kappa shape index (κ2) is 6.12. The molecule has 0 aliphatic carbocycles. The molecule has 0 unspecified atom stereocenters. The molecule has 1 aromatic carbocycles. The fourth-order valence-corrected chi connectivity index (χ4v) is 2.89. The Morgan fingerprint density at radius 3 is 2.81 bits per heavy atom. The van der Waals surface area contributed by atoms with Crippen LogP contribution in [0.1, 0.15) is 11.3 Å². The number of nitrogens with one attached hydrogen (secondary N) is 1. The van der Waals surface area contributed by atoms with Crippen LogP contribution in [0.3, 0.4) is 0 Å². The predicted molar refractivity (Wildman–Crippen MR) is 80.8 cm³/mol. The van der Waals surface area contributed by atoms with E-state index in [1.165, 1.54) is 12.3 Å². The van der Waals surface area contributed by atoms with Gasteiger partial charge in [-0.2, -0.15) is 5.26 Å². The average Bonchev–Trinajstić information content (AvgIpc) is 2.45. The van der Waals surface area contributed by atoms with E-state index in [9.17, 15) is 8.42 Å². The molecule has 0 bridgehead atoms. The summed E-state index contributed by atoms with van der Waals surface area (Å²) in [6, 6.07) is 9.98. The highest BCUT2D eigenvalue weighted by molar-refractivity contribution is 7.90. The number of anilines is 1. The van der Waals surface area contributed by atoms with Crippen LogP contribution in [0.15, 0.2) is 41.4 Å². The first-order valence-electron chi connectivity index (χ1n) is 5.99. The van der Waals surface area contributed by atoms with Crippen molar-refractivity contribution >= 4 is 27.1 Å². The van der Waals surface area contributed by atoms with Crippen LogP contribution in [0.2, 0.25) is 5.02 Å². The summed E-state index contributed by atoms with van der Waals surface area (Å²) in [6.07, 6.45) is 2.66. The molecule has 2 rings (SSSR count). The van der Waals surface area contributed by atoms with Crippen molar-refractivity contribution < 1.29 is 8.42 Å². The Hall–Kier alpha value is -2.10. The fraction of sp³-hybridized carbons (Fsp3) is 0.143. The zero-order valence-electron chi connectivity index (χ0n) is 11.2. The molecular formula is C14H12ClN3O2S. The van der Waals surface area contributed by atoms with Gasteiger partial charge in [-0.05, 0) is 30.3 Å². The van der Waals surface area contributed by atoms with Gasteiger partial charge in [0.2, 0.25) is 0 Å². The van der Waals surface area contributed by atoms with Crippen LogP contribution in [0.4, 0.5) is 5.69 Å². The molecule has 0 saturated heterocycles. The van der Waals surface area contributed by atoms with E-state index in [1.807, 2.05) is 6.07 Å². The normalized spacial score (nSPS) is 10.9. The molecule has 0 aliphatic rings. The van der Waals surface area contributed by atoms with E-state index in [4.69, 9.17) is 16.9 Å². The minimum Gasteiger partial charge on any atom is -0.378 e. The Kier molecular flexibility index (Phi) is 4.46. The number of sulfone groups is 1. The monoisotopic (exact) mass is 321 g/mol. The summed E-state index contributed by atoms with van der Waals surface area (Å²) in [7, 11) is -3.35.